The molecule has 1 aliphatic carbocycles. The van der Waals surface area contributed by atoms with Crippen LogP contribution >= 0.6 is 0 Å². The summed E-state index contributed by atoms with van der Waals surface area (Å²) in [6.07, 6.45) is 2.75. The van der Waals surface area contributed by atoms with E-state index in [4.69, 9.17) is 4.52 Å². The lowest BCUT2D eigenvalue weighted by atomic mass is 9.89. The number of hydrogen-bond acceptors (Lipinski definition) is 6. The minimum atomic E-state index is -3.49. The highest BCUT2D eigenvalue weighted by molar-refractivity contribution is 7.88. The number of amides is 1. The van der Waals surface area contributed by atoms with Crippen LogP contribution in [0.4, 0.5) is 0 Å². The Morgan fingerprint density at radius 2 is 1.86 bits per heavy atom. The van der Waals surface area contributed by atoms with Gasteiger partial charge in [-0.2, -0.15) is 0 Å². The summed E-state index contributed by atoms with van der Waals surface area (Å²) in [5.41, 5.74) is 3.84. The van der Waals surface area contributed by atoms with Gasteiger partial charge in [0, 0.05) is 24.2 Å². The number of sulfonamides is 1. The first-order valence-corrected chi connectivity index (χ1v) is 13.7. The van der Waals surface area contributed by atoms with Crippen LogP contribution < -0.4 is 10.0 Å². The average Bonchev–Trinajstić information content (AvgIpc) is 3.52. The summed E-state index contributed by atoms with van der Waals surface area (Å²) in [6, 6.07) is 8.93. The smallest absolute Gasteiger partial charge is 0.259 e. The molecule has 4 rings (SSSR count). The molecule has 9 heteroatoms. The van der Waals surface area contributed by atoms with Crippen molar-refractivity contribution in [3.05, 3.63) is 58.4 Å². The molecule has 0 radical (unpaired) electrons. The van der Waals surface area contributed by atoms with Crippen molar-refractivity contribution in [1.29, 1.82) is 0 Å². The van der Waals surface area contributed by atoms with E-state index in [1.807, 2.05) is 18.2 Å². The fourth-order valence-electron chi connectivity index (χ4n) is 4.17. The lowest BCUT2D eigenvalue weighted by molar-refractivity contribution is 0.0952. The normalized spacial score (nSPS) is 14.6. The van der Waals surface area contributed by atoms with Crippen LogP contribution in [-0.4, -0.2) is 30.5 Å². The second-order valence-corrected chi connectivity index (χ2v) is 12.7. The third-order valence-electron chi connectivity index (χ3n) is 5.79. The van der Waals surface area contributed by atoms with E-state index < -0.39 is 10.0 Å². The van der Waals surface area contributed by atoms with E-state index in [-0.39, 0.29) is 29.7 Å². The first-order valence-electron chi connectivity index (χ1n) is 12.1. The standard InChI is InChI=1S/C26H34N4O4S/c1-16(2)30-35(32,33)15-19-9-7-6-8-18(19)14-27-24(31)20-12-21(17-10-11-17)28-25-23(20)22(29-34-25)13-26(3,4)5/h6-9,12,16-17,30H,10-11,13-15H2,1-5H3,(H,27,31). The zero-order valence-corrected chi connectivity index (χ0v) is 21.8. The van der Waals surface area contributed by atoms with Gasteiger partial charge in [-0.05, 0) is 55.7 Å². The number of fused-ring (bicyclic) bond motifs is 1. The number of pyridine rings is 1. The van der Waals surface area contributed by atoms with Crippen molar-refractivity contribution in [3.63, 3.8) is 0 Å². The Morgan fingerprint density at radius 1 is 1.17 bits per heavy atom. The molecular weight excluding hydrogens is 464 g/mol. The van der Waals surface area contributed by atoms with Gasteiger partial charge in [0.15, 0.2) is 0 Å². The van der Waals surface area contributed by atoms with Gasteiger partial charge in [-0.25, -0.2) is 18.1 Å². The molecule has 1 amide bonds. The molecule has 0 saturated heterocycles. The Labute approximate surface area is 206 Å². The van der Waals surface area contributed by atoms with E-state index >= 15 is 0 Å². The van der Waals surface area contributed by atoms with Crippen molar-refractivity contribution in [3.8, 4) is 0 Å². The molecule has 1 aromatic carbocycles. The molecule has 8 nitrogen and oxygen atoms in total. The van der Waals surface area contributed by atoms with Crippen LogP contribution in [0.25, 0.3) is 11.1 Å². The number of nitrogens with zero attached hydrogens (tertiary/aromatic N) is 2. The molecule has 188 valence electrons. The number of benzene rings is 1. The lowest BCUT2D eigenvalue weighted by Gasteiger charge is -2.16. The van der Waals surface area contributed by atoms with Crippen molar-refractivity contribution in [2.45, 2.75) is 78.1 Å². The first-order chi connectivity index (χ1) is 16.4. The molecule has 0 aliphatic heterocycles. The second kappa shape index (κ2) is 9.70. The predicted molar refractivity (Wildman–Crippen MR) is 135 cm³/mol. The van der Waals surface area contributed by atoms with Gasteiger partial charge in [0.1, 0.15) is 0 Å². The predicted octanol–water partition coefficient (Wildman–Crippen LogP) is 4.45. The van der Waals surface area contributed by atoms with Crippen LogP contribution in [0, 0.1) is 5.41 Å². The molecule has 35 heavy (non-hydrogen) atoms. The fourth-order valence-corrected chi connectivity index (χ4v) is 5.66. The third kappa shape index (κ3) is 6.46. The van der Waals surface area contributed by atoms with Crippen LogP contribution in [0.2, 0.25) is 0 Å². The summed E-state index contributed by atoms with van der Waals surface area (Å²) < 4.78 is 33.1. The number of carbonyl (C=O) groups is 1. The van der Waals surface area contributed by atoms with Gasteiger partial charge < -0.3 is 9.84 Å². The Kier molecular flexibility index (Phi) is 7.02. The number of aromatic nitrogens is 2. The molecule has 0 unspecified atom stereocenters. The Bertz CT molecular complexity index is 1340. The molecule has 1 saturated carbocycles. The number of carbonyl (C=O) groups excluding carboxylic acids is 1. The maximum Gasteiger partial charge on any atom is 0.259 e. The van der Waals surface area contributed by atoms with Gasteiger partial charge in [0.25, 0.3) is 11.6 Å². The monoisotopic (exact) mass is 498 g/mol. The highest BCUT2D eigenvalue weighted by atomic mass is 32.2. The Morgan fingerprint density at radius 3 is 2.49 bits per heavy atom. The molecule has 1 fully saturated rings. The van der Waals surface area contributed by atoms with E-state index in [9.17, 15) is 13.2 Å². The largest absolute Gasteiger partial charge is 0.348 e. The van der Waals surface area contributed by atoms with E-state index in [0.717, 1.165) is 29.8 Å². The minimum Gasteiger partial charge on any atom is -0.348 e. The second-order valence-electron chi connectivity index (χ2n) is 10.9. The summed E-state index contributed by atoms with van der Waals surface area (Å²) in [6.45, 7) is 10.1. The lowest BCUT2D eigenvalue weighted by Crippen LogP contribution is -2.32. The van der Waals surface area contributed by atoms with Gasteiger partial charge in [0.2, 0.25) is 10.0 Å². The Hall–Kier alpha value is -2.78. The van der Waals surface area contributed by atoms with Crippen molar-refractivity contribution in [2.24, 2.45) is 5.41 Å². The van der Waals surface area contributed by atoms with Crippen LogP contribution in [-0.2, 0) is 28.7 Å². The van der Waals surface area contributed by atoms with Crippen molar-refractivity contribution in [1.82, 2.24) is 20.2 Å². The topological polar surface area (TPSA) is 114 Å². The molecule has 0 spiro atoms. The maximum atomic E-state index is 13.4. The molecule has 3 aromatic rings. The Balaban J connectivity index is 1.61. The molecular formula is C26H34N4O4S. The summed E-state index contributed by atoms with van der Waals surface area (Å²) in [7, 11) is -3.49. The minimum absolute atomic E-state index is 0.0405. The van der Waals surface area contributed by atoms with E-state index in [2.05, 4.69) is 41.0 Å². The van der Waals surface area contributed by atoms with E-state index in [1.165, 1.54) is 0 Å². The van der Waals surface area contributed by atoms with Crippen LogP contribution in [0.15, 0.2) is 34.9 Å². The van der Waals surface area contributed by atoms with Gasteiger partial charge in [-0.15, -0.1) is 0 Å². The van der Waals surface area contributed by atoms with Gasteiger partial charge in [-0.3, -0.25) is 4.79 Å². The maximum absolute atomic E-state index is 13.4. The quantitative estimate of drug-likeness (QED) is 0.451. The molecule has 2 heterocycles. The molecule has 0 bridgehead atoms. The average molecular weight is 499 g/mol. The zero-order chi connectivity index (χ0) is 25.4. The molecule has 2 aromatic heterocycles. The third-order valence-corrected chi connectivity index (χ3v) is 7.32. The van der Waals surface area contributed by atoms with Crippen LogP contribution in [0.1, 0.15) is 86.3 Å². The van der Waals surface area contributed by atoms with Crippen LogP contribution in [0.3, 0.4) is 0 Å². The van der Waals surface area contributed by atoms with Crippen LogP contribution in [0.5, 0.6) is 0 Å². The zero-order valence-electron chi connectivity index (χ0n) is 21.0. The molecule has 2 N–H and O–H groups in total. The number of hydrogen-bond donors (Lipinski definition) is 2. The fraction of sp³-hybridized carbons (Fsp3) is 0.500. The van der Waals surface area contributed by atoms with E-state index in [1.54, 1.807) is 26.0 Å². The molecule has 0 atom stereocenters. The van der Waals surface area contributed by atoms with Crippen molar-refractivity contribution in [2.75, 3.05) is 0 Å². The van der Waals surface area contributed by atoms with Crippen molar-refractivity contribution >= 4 is 27.0 Å². The number of rotatable bonds is 9. The summed E-state index contributed by atoms with van der Waals surface area (Å²) >= 11 is 0. The van der Waals surface area contributed by atoms with Gasteiger partial charge in [0.05, 0.1) is 22.4 Å². The summed E-state index contributed by atoms with van der Waals surface area (Å²) in [5, 5.41) is 7.89. The highest BCUT2D eigenvalue weighted by Gasteiger charge is 2.30. The first kappa shape index (κ1) is 25.3. The van der Waals surface area contributed by atoms with Gasteiger partial charge in [-0.1, -0.05) is 50.2 Å². The summed E-state index contributed by atoms with van der Waals surface area (Å²) in [5.74, 6) is -0.0543. The van der Waals surface area contributed by atoms with Crippen molar-refractivity contribution < 1.29 is 17.7 Å². The highest BCUT2D eigenvalue weighted by Crippen LogP contribution is 2.41. The van der Waals surface area contributed by atoms with E-state index in [0.29, 0.717) is 34.6 Å². The van der Waals surface area contributed by atoms with Gasteiger partial charge >= 0.3 is 0 Å². The molecule has 1 aliphatic rings. The SMILES string of the molecule is CC(C)NS(=O)(=O)Cc1ccccc1CNC(=O)c1cc(C2CC2)nc2onc(CC(C)(C)C)c12. The summed E-state index contributed by atoms with van der Waals surface area (Å²) in [4.78, 5) is 18.1. The number of nitrogens with one attached hydrogen (secondary N) is 2.